The van der Waals surface area contributed by atoms with Gasteiger partial charge in [0, 0.05) is 72.6 Å². The Morgan fingerprint density at radius 1 is 0.427 bits per heavy atom. The van der Waals surface area contributed by atoms with Crippen molar-refractivity contribution in [3.05, 3.63) is 272 Å². The van der Waals surface area contributed by atoms with E-state index >= 15 is 0 Å². The van der Waals surface area contributed by atoms with Gasteiger partial charge in [-0.25, -0.2) is 4.98 Å². The SMILES string of the molecule is [2H]c1c([2H])c([2H])c(-c2cccc(-c3cc(-c4cc(C(C)(C)C)cc(C(C)(C)C)c4)cc(C(C)(C)C)c3)c2N2[CH-]N(c3[c-]c(Oc4[c-]c5c(cc4)[Si]4(c6ccccc6-c6ccccc64)c4ccccc4N5c4cc(C(C)(C)C)ccn4)ccc3)c3ccccc32)c([2H])c1[2H].[Pt]. The molecule has 7 heteroatoms. The van der Waals surface area contributed by atoms with Crippen LogP contribution in [0.15, 0.2) is 231 Å². The molecule has 0 aliphatic carbocycles. The van der Waals surface area contributed by atoms with E-state index in [1.165, 1.54) is 48.6 Å². The number of hydrogen-bond acceptors (Lipinski definition) is 5. The Morgan fingerprint density at radius 2 is 0.933 bits per heavy atom. The zero-order valence-corrected chi connectivity index (χ0v) is 55.9. The molecule has 4 heterocycles. The van der Waals surface area contributed by atoms with Gasteiger partial charge in [0.15, 0.2) is 0 Å². The summed E-state index contributed by atoms with van der Waals surface area (Å²) in [5.74, 6) is 1.79. The molecule has 0 radical (unpaired) electrons. The monoisotopic (exact) mass is 1360 g/mol. The second-order valence-electron chi connectivity index (χ2n) is 27.8. The molecule has 14 rings (SSSR count). The fourth-order valence-electron chi connectivity index (χ4n) is 13.2. The molecule has 89 heavy (non-hydrogen) atoms. The average molecular weight is 1360 g/mol. The standard InChI is InChI=1S/C82H75N4OSi.Pt/c1-79(2,3)58-42-43-83-77(50-58)86-71-36-20-23-39-75(71)88(73-37-21-16-30-67(73)68-31-17-22-38-74(68)88)76-41-40-64(52-72(76)86)87-63-29-24-28-62(51-63)84-53-85(70-35-19-18-34-69(70)84)78-65(54-26-14-13-15-27-54)32-25-33-66(78)57-44-55(45-59(48-57)80(4,5)6)56-46-60(81(7,8)9)49-61(47-56)82(10,11)12;/h13-50,53H,1-12H3;/q-3;/i13D,14D,15D,26D,27D;. The Labute approximate surface area is 550 Å². The normalized spacial score (nSPS) is 14.7. The van der Waals surface area contributed by atoms with Gasteiger partial charge in [-0.05, 0) is 129 Å². The minimum Gasteiger partial charge on any atom is -0.509 e. The van der Waals surface area contributed by atoms with Gasteiger partial charge in [-0.1, -0.05) is 246 Å². The van der Waals surface area contributed by atoms with Gasteiger partial charge in [0.2, 0.25) is 0 Å². The summed E-state index contributed by atoms with van der Waals surface area (Å²) >= 11 is 0. The minimum absolute atomic E-state index is 0. The summed E-state index contributed by atoms with van der Waals surface area (Å²) in [7, 11) is -2.98. The average Bonchev–Trinajstić information content (AvgIpc) is 1.45. The van der Waals surface area contributed by atoms with Crippen LogP contribution in [0.2, 0.25) is 0 Å². The summed E-state index contributed by atoms with van der Waals surface area (Å²) in [5.41, 5.74) is 16.1. The van der Waals surface area contributed by atoms with Crippen molar-refractivity contribution in [2.24, 2.45) is 0 Å². The maximum Gasteiger partial charge on any atom is 0.135 e. The topological polar surface area (TPSA) is 31.8 Å². The number of anilines is 7. The first-order valence-corrected chi connectivity index (χ1v) is 32.6. The van der Waals surface area contributed by atoms with Gasteiger partial charge < -0.3 is 19.4 Å². The van der Waals surface area contributed by atoms with Gasteiger partial charge >= 0.3 is 0 Å². The number of fused-ring (bicyclic) bond motifs is 10. The zero-order chi connectivity index (χ0) is 65.4. The van der Waals surface area contributed by atoms with E-state index in [1.807, 2.05) is 55.3 Å². The van der Waals surface area contributed by atoms with E-state index in [-0.39, 0.29) is 60.4 Å². The summed E-state index contributed by atoms with van der Waals surface area (Å²) in [6.45, 7) is 29.0. The van der Waals surface area contributed by atoms with E-state index in [1.54, 1.807) is 0 Å². The van der Waals surface area contributed by atoms with Crippen molar-refractivity contribution in [1.29, 1.82) is 0 Å². The van der Waals surface area contributed by atoms with E-state index in [2.05, 4.69) is 262 Å². The molecule has 10 aromatic carbocycles. The van der Waals surface area contributed by atoms with Crippen LogP contribution < -0.4 is 40.2 Å². The molecule has 0 saturated heterocycles. The predicted molar refractivity (Wildman–Crippen MR) is 372 cm³/mol. The molecule has 0 bridgehead atoms. The quantitative estimate of drug-likeness (QED) is 0.112. The molecule has 3 aliphatic rings. The van der Waals surface area contributed by atoms with Crippen LogP contribution in [0.25, 0.3) is 44.5 Å². The van der Waals surface area contributed by atoms with Crippen LogP contribution in [0.3, 0.4) is 0 Å². The summed E-state index contributed by atoms with van der Waals surface area (Å²) in [4.78, 5) is 11.6. The van der Waals surface area contributed by atoms with E-state index in [4.69, 9.17) is 13.8 Å². The van der Waals surface area contributed by atoms with Crippen molar-refractivity contribution in [2.75, 3.05) is 14.7 Å². The number of hydrogen-bond donors (Lipinski definition) is 0. The van der Waals surface area contributed by atoms with Crippen LogP contribution in [0.4, 0.5) is 39.9 Å². The maximum absolute atomic E-state index is 9.49. The van der Waals surface area contributed by atoms with Crippen molar-refractivity contribution in [3.63, 3.8) is 0 Å². The van der Waals surface area contributed by atoms with Gasteiger partial charge in [-0.3, -0.25) is 0 Å². The van der Waals surface area contributed by atoms with Crippen LogP contribution in [0.1, 0.15) is 112 Å². The summed E-state index contributed by atoms with van der Waals surface area (Å²) in [5, 5.41) is 5.18. The number of aromatic nitrogens is 1. The Morgan fingerprint density at radius 3 is 1.56 bits per heavy atom. The molecule has 0 unspecified atom stereocenters. The summed E-state index contributed by atoms with van der Waals surface area (Å²) in [6, 6.07) is 74.9. The van der Waals surface area contributed by atoms with Gasteiger partial charge in [-0.15, -0.1) is 47.9 Å². The van der Waals surface area contributed by atoms with E-state index in [0.717, 1.165) is 56.4 Å². The fourth-order valence-corrected chi connectivity index (χ4v) is 18.7. The Balaban J connectivity index is 0.00000803. The molecule has 0 saturated carbocycles. The largest absolute Gasteiger partial charge is 0.509 e. The summed E-state index contributed by atoms with van der Waals surface area (Å²) < 4.78 is 52.6. The Hall–Kier alpha value is -8.54. The first kappa shape index (κ1) is 53.5. The molecule has 446 valence electrons. The molecular weight excluding hydrogens is 1280 g/mol. The molecule has 0 fully saturated rings. The van der Waals surface area contributed by atoms with E-state index in [0.29, 0.717) is 28.4 Å². The number of benzene rings is 10. The van der Waals surface area contributed by atoms with Crippen LogP contribution >= 0.6 is 0 Å². The van der Waals surface area contributed by atoms with Gasteiger partial charge in [0.05, 0.1) is 6.85 Å². The zero-order valence-electron chi connectivity index (χ0n) is 57.6. The number of rotatable bonds is 8. The summed E-state index contributed by atoms with van der Waals surface area (Å²) in [6.07, 6.45) is 1.92. The Bertz CT molecular complexity index is 4760. The molecule has 3 aliphatic heterocycles. The van der Waals surface area contributed by atoms with Crippen molar-refractivity contribution in [3.8, 4) is 56.0 Å². The molecular formula is C82H75N4OPtSi-3. The second kappa shape index (κ2) is 22.2. The third-order valence-electron chi connectivity index (χ3n) is 17.9. The van der Waals surface area contributed by atoms with Crippen LogP contribution in [-0.2, 0) is 42.7 Å². The second-order valence-corrected chi connectivity index (χ2v) is 31.5. The Kier molecular flexibility index (Phi) is 13.3. The van der Waals surface area contributed by atoms with E-state index < -0.39 is 26.2 Å². The first-order valence-electron chi connectivity index (χ1n) is 33.1. The molecule has 0 atom stereocenters. The van der Waals surface area contributed by atoms with Gasteiger partial charge in [0.1, 0.15) is 13.9 Å². The van der Waals surface area contributed by atoms with E-state index in [9.17, 15) is 2.74 Å². The first-order chi connectivity index (χ1) is 44.2. The molecule has 11 aromatic rings. The third-order valence-corrected chi connectivity index (χ3v) is 22.8. The van der Waals surface area contributed by atoms with Gasteiger partial charge in [0.25, 0.3) is 0 Å². The van der Waals surface area contributed by atoms with Crippen molar-refractivity contribution in [2.45, 2.75) is 105 Å². The molecule has 5 nitrogen and oxygen atoms in total. The van der Waals surface area contributed by atoms with Crippen molar-refractivity contribution in [1.82, 2.24) is 4.98 Å². The smallest absolute Gasteiger partial charge is 0.135 e. The van der Waals surface area contributed by atoms with Crippen LogP contribution in [-0.4, -0.2) is 13.1 Å². The number of para-hydroxylation sites is 4. The number of nitrogens with zero attached hydrogens (tertiary/aromatic N) is 4. The molecule has 0 amide bonds. The molecule has 1 aromatic heterocycles. The third kappa shape index (κ3) is 10.4. The van der Waals surface area contributed by atoms with Crippen molar-refractivity contribution >= 4 is 68.8 Å². The van der Waals surface area contributed by atoms with Crippen molar-refractivity contribution < 1.29 is 32.7 Å². The van der Waals surface area contributed by atoms with Gasteiger partial charge in [-0.2, -0.15) is 12.1 Å². The predicted octanol–water partition coefficient (Wildman–Crippen LogP) is 19.2. The number of ether oxygens (including phenoxy) is 1. The minimum atomic E-state index is -2.98. The van der Waals surface area contributed by atoms with Crippen LogP contribution in [0, 0.1) is 18.8 Å². The maximum atomic E-state index is 9.49. The number of pyridine rings is 1. The molecule has 0 N–H and O–H groups in total. The van der Waals surface area contributed by atoms with Crippen LogP contribution in [0.5, 0.6) is 11.5 Å². The fraction of sp³-hybridized carbons (Fsp3) is 0.195. The molecule has 1 spiro atoms.